The molecular weight excluding hydrogens is 358 g/mol. The maximum Gasteiger partial charge on any atom is 0.257 e. The SMILES string of the molecule is CN1CCc2nc(NC(=O)c3cccc(OCc4ccccc4)c3)sc2C1. The van der Waals surface area contributed by atoms with Gasteiger partial charge in [0.05, 0.1) is 5.69 Å². The van der Waals surface area contributed by atoms with Gasteiger partial charge in [-0.1, -0.05) is 36.4 Å². The van der Waals surface area contributed by atoms with E-state index in [0.29, 0.717) is 23.1 Å². The molecule has 1 amide bonds. The Morgan fingerprint density at radius 2 is 2.07 bits per heavy atom. The van der Waals surface area contributed by atoms with Crippen molar-refractivity contribution in [3.05, 3.63) is 76.3 Å². The minimum Gasteiger partial charge on any atom is -0.489 e. The molecule has 0 bridgehead atoms. The number of benzene rings is 2. The third kappa shape index (κ3) is 4.35. The lowest BCUT2D eigenvalue weighted by Crippen LogP contribution is -2.25. The molecule has 0 aliphatic carbocycles. The lowest BCUT2D eigenvalue weighted by atomic mass is 10.2. The number of rotatable bonds is 5. The monoisotopic (exact) mass is 379 g/mol. The van der Waals surface area contributed by atoms with Gasteiger partial charge in [-0.25, -0.2) is 4.98 Å². The Morgan fingerprint density at radius 3 is 2.93 bits per heavy atom. The van der Waals surface area contributed by atoms with Crippen molar-refractivity contribution in [1.29, 1.82) is 0 Å². The van der Waals surface area contributed by atoms with Crippen LogP contribution in [0.5, 0.6) is 5.75 Å². The number of hydrogen-bond donors (Lipinski definition) is 1. The van der Waals surface area contributed by atoms with Crippen LogP contribution in [0.25, 0.3) is 0 Å². The highest BCUT2D eigenvalue weighted by atomic mass is 32.1. The van der Waals surface area contributed by atoms with Crippen molar-refractivity contribution in [2.24, 2.45) is 0 Å². The van der Waals surface area contributed by atoms with Crippen LogP contribution < -0.4 is 10.1 Å². The summed E-state index contributed by atoms with van der Waals surface area (Å²) in [5, 5.41) is 3.59. The predicted molar refractivity (Wildman–Crippen MR) is 107 cm³/mol. The third-order valence-corrected chi connectivity index (χ3v) is 5.48. The van der Waals surface area contributed by atoms with Gasteiger partial charge in [0.15, 0.2) is 5.13 Å². The molecule has 6 heteroatoms. The Bertz CT molecular complexity index is 940. The highest BCUT2D eigenvalue weighted by molar-refractivity contribution is 7.15. The fourth-order valence-electron chi connectivity index (χ4n) is 3.01. The van der Waals surface area contributed by atoms with Gasteiger partial charge in [-0.05, 0) is 30.8 Å². The highest BCUT2D eigenvalue weighted by Gasteiger charge is 2.19. The lowest BCUT2D eigenvalue weighted by Gasteiger charge is -2.20. The van der Waals surface area contributed by atoms with Crippen LogP contribution in [0.2, 0.25) is 0 Å². The van der Waals surface area contributed by atoms with Gasteiger partial charge < -0.3 is 9.64 Å². The van der Waals surface area contributed by atoms with E-state index in [1.165, 1.54) is 4.88 Å². The average molecular weight is 379 g/mol. The standard InChI is InChI=1S/C21H21N3O2S/c1-24-11-10-18-19(13-24)27-21(22-18)23-20(25)16-8-5-9-17(12-16)26-14-15-6-3-2-4-7-15/h2-9,12H,10-11,13-14H2,1H3,(H,22,23,25). The largest absolute Gasteiger partial charge is 0.489 e. The number of ether oxygens (including phenoxy) is 1. The molecular formula is C21H21N3O2S. The zero-order chi connectivity index (χ0) is 18.6. The normalized spacial score (nSPS) is 13.8. The second-order valence-corrected chi connectivity index (χ2v) is 7.72. The number of thiazole rings is 1. The number of nitrogens with one attached hydrogen (secondary N) is 1. The van der Waals surface area contributed by atoms with Crippen LogP contribution in [-0.4, -0.2) is 29.4 Å². The molecule has 2 aromatic carbocycles. The Kier molecular flexibility index (Phi) is 5.18. The molecule has 0 unspecified atom stereocenters. The molecule has 1 aliphatic heterocycles. The topological polar surface area (TPSA) is 54.5 Å². The van der Waals surface area contributed by atoms with Crippen LogP contribution in [0, 0.1) is 0 Å². The van der Waals surface area contributed by atoms with Crippen LogP contribution in [-0.2, 0) is 19.6 Å². The molecule has 1 aliphatic rings. The fraction of sp³-hybridized carbons (Fsp3) is 0.238. The number of aromatic nitrogens is 1. The third-order valence-electron chi connectivity index (χ3n) is 4.49. The van der Waals surface area contributed by atoms with Crippen molar-refractivity contribution in [1.82, 2.24) is 9.88 Å². The van der Waals surface area contributed by atoms with Gasteiger partial charge in [-0.15, -0.1) is 11.3 Å². The molecule has 1 N–H and O–H groups in total. The molecule has 138 valence electrons. The van der Waals surface area contributed by atoms with Gasteiger partial charge in [-0.3, -0.25) is 10.1 Å². The van der Waals surface area contributed by atoms with E-state index in [4.69, 9.17) is 4.74 Å². The number of likely N-dealkylation sites (N-methyl/N-ethyl adjacent to an activating group) is 1. The quantitative estimate of drug-likeness (QED) is 0.729. The summed E-state index contributed by atoms with van der Waals surface area (Å²) >= 11 is 1.56. The van der Waals surface area contributed by atoms with E-state index in [2.05, 4.69) is 22.2 Å². The van der Waals surface area contributed by atoms with Crippen LogP contribution in [0.3, 0.4) is 0 Å². The second-order valence-electron chi connectivity index (χ2n) is 6.63. The number of nitrogens with zero attached hydrogens (tertiary/aromatic N) is 2. The lowest BCUT2D eigenvalue weighted by molar-refractivity contribution is 0.102. The number of hydrogen-bond acceptors (Lipinski definition) is 5. The maximum atomic E-state index is 12.6. The molecule has 0 fully saturated rings. The fourth-order valence-corrected chi connectivity index (χ4v) is 4.10. The summed E-state index contributed by atoms with van der Waals surface area (Å²) in [6.45, 7) is 2.37. The maximum absolute atomic E-state index is 12.6. The molecule has 0 radical (unpaired) electrons. The summed E-state index contributed by atoms with van der Waals surface area (Å²) in [6.07, 6.45) is 0.932. The van der Waals surface area contributed by atoms with E-state index in [1.807, 2.05) is 42.5 Å². The zero-order valence-corrected chi connectivity index (χ0v) is 16.0. The summed E-state index contributed by atoms with van der Waals surface area (Å²) in [5.74, 6) is 0.506. The van der Waals surface area contributed by atoms with Gasteiger partial charge >= 0.3 is 0 Å². The minimum atomic E-state index is -0.167. The number of carbonyl (C=O) groups is 1. The second kappa shape index (κ2) is 7.90. The number of fused-ring (bicyclic) bond motifs is 1. The molecule has 1 aromatic heterocycles. The van der Waals surface area contributed by atoms with Gasteiger partial charge in [0.1, 0.15) is 12.4 Å². The Balaban J connectivity index is 1.42. The summed E-state index contributed by atoms with van der Waals surface area (Å²) in [5.41, 5.74) is 2.75. The van der Waals surface area contributed by atoms with E-state index in [-0.39, 0.29) is 5.91 Å². The van der Waals surface area contributed by atoms with Crippen LogP contribution in [0.4, 0.5) is 5.13 Å². The first-order chi connectivity index (χ1) is 13.2. The summed E-state index contributed by atoms with van der Waals surface area (Å²) in [4.78, 5) is 20.7. The molecule has 5 nitrogen and oxygen atoms in total. The molecule has 0 spiro atoms. The van der Waals surface area contributed by atoms with Crippen LogP contribution in [0.15, 0.2) is 54.6 Å². The number of carbonyl (C=O) groups excluding carboxylic acids is 1. The predicted octanol–water partition coefficient (Wildman–Crippen LogP) is 3.96. The molecule has 27 heavy (non-hydrogen) atoms. The van der Waals surface area contributed by atoms with Crippen molar-refractivity contribution in [3.63, 3.8) is 0 Å². The van der Waals surface area contributed by atoms with Crippen molar-refractivity contribution >= 4 is 22.4 Å². The van der Waals surface area contributed by atoms with Gasteiger partial charge in [0, 0.05) is 30.0 Å². The Morgan fingerprint density at radius 1 is 1.22 bits per heavy atom. The average Bonchev–Trinajstić information content (AvgIpc) is 3.08. The Hall–Kier alpha value is -2.70. The molecule has 0 atom stereocenters. The van der Waals surface area contributed by atoms with Crippen molar-refractivity contribution in [2.45, 2.75) is 19.6 Å². The van der Waals surface area contributed by atoms with Crippen molar-refractivity contribution < 1.29 is 9.53 Å². The van der Waals surface area contributed by atoms with Gasteiger partial charge in [0.25, 0.3) is 5.91 Å². The first kappa shape index (κ1) is 17.7. The molecule has 4 rings (SSSR count). The van der Waals surface area contributed by atoms with Crippen LogP contribution >= 0.6 is 11.3 Å². The molecule has 3 aromatic rings. The first-order valence-corrected chi connectivity index (χ1v) is 9.74. The highest BCUT2D eigenvalue weighted by Crippen LogP contribution is 2.28. The van der Waals surface area contributed by atoms with E-state index < -0.39 is 0 Å². The molecule has 2 heterocycles. The van der Waals surface area contributed by atoms with Crippen molar-refractivity contribution in [3.8, 4) is 5.75 Å². The minimum absolute atomic E-state index is 0.167. The van der Waals surface area contributed by atoms with Gasteiger partial charge in [0.2, 0.25) is 0 Å². The number of amides is 1. The zero-order valence-electron chi connectivity index (χ0n) is 15.1. The van der Waals surface area contributed by atoms with E-state index in [1.54, 1.807) is 23.5 Å². The molecule has 0 saturated carbocycles. The smallest absolute Gasteiger partial charge is 0.257 e. The summed E-state index contributed by atoms with van der Waals surface area (Å²) < 4.78 is 5.81. The van der Waals surface area contributed by atoms with Crippen LogP contribution in [0.1, 0.15) is 26.5 Å². The number of anilines is 1. The van der Waals surface area contributed by atoms with E-state index >= 15 is 0 Å². The van der Waals surface area contributed by atoms with Crippen molar-refractivity contribution in [2.75, 3.05) is 18.9 Å². The van der Waals surface area contributed by atoms with E-state index in [9.17, 15) is 4.79 Å². The summed E-state index contributed by atoms with van der Waals surface area (Å²) in [6, 6.07) is 17.2. The van der Waals surface area contributed by atoms with E-state index in [0.717, 1.165) is 30.8 Å². The Labute approximate surface area is 162 Å². The first-order valence-electron chi connectivity index (χ1n) is 8.92. The molecule has 0 saturated heterocycles. The van der Waals surface area contributed by atoms with Gasteiger partial charge in [-0.2, -0.15) is 0 Å². The summed E-state index contributed by atoms with van der Waals surface area (Å²) in [7, 11) is 2.10.